The zero-order valence-electron chi connectivity index (χ0n) is 11.4. The summed E-state index contributed by atoms with van der Waals surface area (Å²) in [5.74, 6) is 0.891. The van der Waals surface area contributed by atoms with Gasteiger partial charge in [-0.1, -0.05) is 18.2 Å². The lowest BCUT2D eigenvalue weighted by Crippen LogP contribution is -2.29. The van der Waals surface area contributed by atoms with E-state index in [0.717, 1.165) is 11.4 Å². The van der Waals surface area contributed by atoms with Gasteiger partial charge < -0.3 is 5.32 Å². The Hall–Kier alpha value is -1.41. The minimum absolute atomic E-state index is 0.891. The Bertz CT molecular complexity index is 524. The Morgan fingerprint density at radius 3 is 3.05 bits per heavy atom. The molecule has 1 fully saturated rings. The van der Waals surface area contributed by atoms with Gasteiger partial charge in [0.1, 0.15) is 0 Å². The van der Waals surface area contributed by atoms with Crippen molar-refractivity contribution in [1.82, 2.24) is 10.3 Å². The highest BCUT2D eigenvalue weighted by atomic mass is 14.9. The fourth-order valence-corrected chi connectivity index (χ4v) is 3.12. The van der Waals surface area contributed by atoms with Gasteiger partial charge >= 0.3 is 0 Å². The van der Waals surface area contributed by atoms with E-state index in [1.807, 2.05) is 6.20 Å². The van der Waals surface area contributed by atoms with Crippen LogP contribution < -0.4 is 5.32 Å². The zero-order chi connectivity index (χ0) is 12.9. The SMILES string of the molecule is c1ccc2c(CCCC3CCCNC3)ccnc2c1. The third-order valence-corrected chi connectivity index (χ3v) is 4.20. The van der Waals surface area contributed by atoms with Gasteiger partial charge in [-0.05, 0) is 68.8 Å². The standard InChI is InChI=1S/C17H22N2/c1-2-9-17-16(8-1)15(10-12-19-17)7-3-5-14-6-4-11-18-13-14/h1-2,8-10,12,14,18H,3-7,11,13H2. The van der Waals surface area contributed by atoms with E-state index < -0.39 is 0 Å². The van der Waals surface area contributed by atoms with Crippen molar-refractivity contribution in [2.24, 2.45) is 5.92 Å². The van der Waals surface area contributed by atoms with E-state index in [9.17, 15) is 0 Å². The number of nitrogens with one attached hydrogen (secondary N) is 1. The molecule has 2 nitrogen and oxygen atoms in total. The lowest BCUT2D eigenvalue weighted by atomic mass is 9.92. The summed E-state index contributed by atoms with van der Waals surface area (Å²) in [5, 5.41) is 4.83. The lowest BCUT2D eigenvalue weighted by Gasteiger charge is -2.22. The summed E-state index contributed by atoms with van der Waals surface area (Å²) in [7, 11) is 0. The molecule has 1 N–H and O–H groups in total. The number of benzene rings is 1. The molecule has 0 aliphatic carbocycles. The van der Waals surface area contributed by atoms with Gasteiger partial charge in [0.2, 0.25) is 0 Å². The van der Waals surface area contributed by atoms with Gasteiger partial charge in [0.05, 0.1) is 5.52 Å². The summed E-state index contributed by atoms with van der Waals surface area (Å²) < 4.78 is 0. The van der Waals surface area contributed by atoms with Crippen LogP contribution in [0.3, 0.4) is 0 Å². The van der Waals surface area contributed by atoms with Crippen LogP contribution in [0, 0.1) is 5.92 Å². The molecular formula is C17H22N2. The molecule has 2 heterocycles. The van der Waals surface area contributed by atoms with E-state index >= 15 is 0 Å². The van der Waals surface area contributed by atoms with Crippen LogP contribution in [-0.2, 0) is 6.42 Å². The highest BCUT2D eigenvalue weighted by Crippen LogP contribution is 2.21. The topological polar surface area (TPSA) is 24.9 Å². The van der Waals surface area contributed by atoms with Crippen LogP contribution in [0.2, 0.25) is 0 Å². The fraction of sp³-hybridized carbons (Fsp3) is 0.471. The number of pyridine rings is 1. The molecule has 0 radical (unpaired) electrons. The first-order chi connectivity index (χ1) is 9.43. The number of aryl methyl sites for hydroxylation is 1. The number of fused-ring (bicyclic) bond motifs is 1. The predicted octanol–water partition coefficient (Wildman–Crippen LogP) is 3.56. The molecule has 2 heteroatoms. The van der Waals surface area contributed by atoms with Gasteiger partial charge in [0.15, 0.2) is 0 Å². The second-order valence-corrected chi connectivity index (χ2v) is 5.59. The first kappa shape index (κ1) is 12.6. The van der Waals surface area contributed by atoms with Crippen molar-refractivity contribution in [3.8, 4) is 0 Å². The molecule has 3 rings (SSSR count). The van der Waals surface area contributed by atoms with Gasteiger partial charge in [-0.15, -0.1) is 0 Å². The van der Waals surface area contributed by atoms with Crippen molar-refractivity contribution in [2.45, 2.75) is 32.1 Å². The Kier molecular flexibility index (Phi) is 4.09. The third-order valence-electron chi connectivity index (χ3n) is 4.20. The fourth-order valence-electron chi connectivity index (χ4n) is 3.12. The smallest absolute Gasteiger partial charge is 0.0704 e. The molecule has 1 unspecified atom stereocenters. The van der Waals surface area contributed by atoms with Crippen LogP contribution in [0.1, 0.15) is 31.2 Å². The van der Waals surface area contributed by atoms with E-state index in [4.69, 9.17) is 0 Å². The van der Waals surface area contributed by atoms with Crippen molar-refractivity contribution in [3.05, 3.63) is 42.1 Å². The maximum Gasteiger partial charge on any atom is 0.0704 e. The summed E-state index contributed by atoms with van der Waals surface area (Å²) in [6.07, 6.45) is 8.52. The second-order valence-electron chi connectivity index (χ2n) is 5.59. The highest BCUT2D eigenvalue weighted by Gasteiger charge is 2.12. The first-order valence-corrected chi connectivity index (χ1v) is 7.47. The minimum Gasteiger partial charge on any atom is -0.316 e. The summed E-state index contributed by atoms with van der Waals surface area (Å²) in [6, 6.07) is 10.6. The number of aromatic nitrogens is 1. The van der Waals surface area contributed by atoms with E-state index in [-0.39, 0.29) is 0 Å². The van der Waals surface area contributed by atoms with Crippen molar-refractivity contribution in [1.29, 1.82) is 0 Å². The zero-order valence-corrected chi connectivity index (χ0v) is 11.4. The highest BCUT2D eigenvalue weighted by molar-refractivity contribution is 5.81. The molecule has 2 aromatic rings. The Labute approximate surface area is 115 Å². The molecule has 19 heavy (non-hydrogen) atoms. The molecule has 1 aliphatic rings. The largest absolute Gasteiger partial charge is 0.316 e. The van der Waals surface area contributed by atoms with Crippen LogP contribution in [-0.4, -0.2) is 18.1 Å². The van der Waals surface area contributed by atoms with E-state index in [2.05, 4.69) is 40.6 Å². The van der Waals surface area contributed by atoms with Gasteiger partial charge in [0, 0.05) is 11.6 Å². The Balaban J connectivity index is 1.62. The normalized spacial score (nSPS) is 19.7. The van der Waals surface area contributed by atoms with Crippen LogP contribution >= 0.6 is 0 Å². The number of para-hydroxylation sites is 1. The van der Waals surface area contributed by atoms with Crippen LogP contribution in [0.5, 0.6) is 0 Å². The molecule has 0 bridgehead atoms. The molecular weight excluding hydrogens is 232 g/mol. The maximum absolute atomic E-state index is 4.43. The Morgan fingerprint density at radius 1 is 1.21 bits per heavy atom. The van der Waals surface area contributed by atoms with Crippen LogP contribution in [0.15, 0.2) is 36.5 Å². The van der Waals surface area contributed by atoms with Crippen molar-refractivity contribution < 1.29 is 0 Å². The molecule has 1 atom stereocenters. The molecule has 0 saturated carbocycles. The molecule has 0 amide bonds. The van der Waals surface area contributed by atoms with Gasteiger partial charge in [-0.3, -0.25) is 4.98 Å². The monoisotopic (exact) mass is 254 g/mol. The van der Waals surface area contributed by atoms with Crippen molar-refractivity contribution in [3.63, 3.8) is 0 Å². The van der Waals surface area contributed by atoms with Gasteiger partial charge in [-0.2, -0.15) is 0 Å². The average Bonchev–Trinajstić information content (AvgIpc) is 2.49. The number of piperidine rings is 1. The van der Waals surface area contributed by atoms with Crippen molar-refractivity contribution >= 4 is 10.9 Å². The van der Waals surface area contributed by atoms with Gasteiger partial charge in [-0.25, -0.2) is 0 Å². The number of hydrogen-bond acceptors (Lipinski definition) is 2. The maximum atomic E-state index is 4.43. The lowest BCUT2D eigenvalue weighted by molar-refractivity contribution is 0.351. The van der Waals surface area contributed by atoms with E-state index in [1.165, 1.54) is 56.1 Å². The molecule has 100 valence electrons. The van der Waals surface area contributed by atoms with Crippen LogP contribution in [0.4, 0.5) is 0 Å². The second kappa shape index (κ2) is 6.16. The Morgan fingerprint density at radius 2 is 2.16 bits per heavy atom. The van der Waals surface area contributed by atoms with E-state index in [0.29, 0.717) is 0 Å². The number of nitrogens with zero attached hydrogens (tertiary/aromatic N) is 1. The van der Waals surface area contributed by atoms with Gasteiger partial charge in [0.25, 0.3) is 0 Å². The summed E-state index contributed by atoms with van der Waals surface area (Å²) >= 11 is 0. The molecule has 0 spiro atoms. The minimum atomic E-state index is 0.891. The summed E-state index contributed by atoms with van der Waals surface area (Å²) in [6.45, 7) is 2.43. The predicted molar refractivity (Wildman–Crippen MR) is 80.3 cm³/mol. The van der Waals surface area contributed by atoms with Crippen LogP contribution in [0.25, 0.3) is 10.9 Å². The molecule has 1 aromatic heterocycles. The number of rotatable bonds is 4. The number of hydrogen-bond donors (Lipinski definition) is 1. The third kappa shape index (κ3) is 3.13. The average molecular weight is 254 g/mol. The van der Waals surface area contributed by atoms with Crippen molar-refractivity contribution in [2.75, 3.05) is 13.1 Å². The summed E-state index contributed by atoms with van der Waals surface area (Å²) in [5.41, 5.74) is 2.58. The molecule has 1 aliphatic heterocycles. The summed E-state index contributed by atoms with van der Waals surface area (Å²) in [4.78, 5) is 4.43. The molecule has 1 saturated heterocycles. The first-order valence-electron chi connectivity index (χ1n) is 7.47. The van der Waals surface area contributed by atoms with E-state index in [1.54, 1.807) is 0 Å². The quantitative estimate of drug-likeness (QED) is 0.902. The molecule has 1 aromatic carbocycles.